The van der Waals surface area contributed by atoms with E-state index in [1.165, 1.54) is 0 Å². The van der Waals surface area contributed by atoms with E-state index in [2.05, 4.69) is 12.1 Å². The van der Waals surface area contributed by atoms with Crippen LogP contribution in [0.25, 0.3) is 109 Å². The Morgan fingerprint density at radius 1 is 0.500 bits per heavy atom. The molecule has 0 spiro atoms. The Hall–Kier alpha value is -6.88. The van der Waals surface area contributed by atoms with E-state index in [1.807, 2.05) is 60.7 Å². The SMILES string of the molecule is [2H]c1c([2H])c(-c2nc(-c3cccc4oc5cc(-c6ccc(-c7ccccc7)cc6)ccc5c34)nc3c2sc2c([2H])c([2H])c([2H])c([2H])c23)c([2H])c([2H])c1-c1c([2H])c([2H])c2c([2H])c([2H])c([2H])c([2H])c2c1[2H]. The molecule has 0 amide bonds. The van der Waals surface area contributed by atoms with Crippen molar-refractivity contribution < 1.29 is 25.0 Å². The van der Waals surface area contributed by atoms with Crippen LogP contribution in [-0.2, 0) is 0 Å². The van der Waals surface area contributed by atoms with Gasteiger partial charge in [0.05, 0.1) is 36.5 Å². The molecule has 0 saturated heterocycles. The van der Waals surface area contributed by atoms with Crippen molar-refractivity contribution in [2.75, 3.05) is 0 Å². The molecular weight excluding hydrogens is 677 g/mol. The first-order valence-electron chi connectivity index (χ1n) is 24.4. The van der Waals surface area contributed by atoms with Crippen LogP contribution in [0.3, 0.4) is 0 Å². The van der Waals surface area contributed by atoms with Crippen LogP contribution >= 0.6 is 11.3 Å². The number of benzene rings is 8. The van der Waals surface area contributed by atoms with Gasteiger partial charge in [-0.05, 0) is 74.4 Å². The van der Waals surface area contributed by atoms with Crippen molar-refractivity contribution in [2.45, 2.75) is 0 Å². The maximum absolute atomic E-state index is 9.47. The molecule has 54 heavy (non-hydrogen) atoms. The number of aromatic nitrogens is 2. The average Bonchev–Trinajstić information content (AvgIpc) is 3.94. The number of fused-ring (bicyclic) bond motifs is 7. The number of furan rings is 1. The van der Waals surface area contributed by atoms with E-state index in [4.69, 9.17) is 29.5 Å². The smallest absolute Gasteiger partial charge is 0.161 e. The lowest BCUT2D eigenvalue weighted by Gasteiger charge is -2.10. The third-order valence-corrected chi connectivity index (χ3v) is 10.5. The highest BCUT2D eigenvalue weighted by Crippen LogP contribution is 2.42. The second-order valence-electron chi connectivity index (χ2n) is 12.6. The average molecular weight is 722 g/mol. The van der Waals surface area contributed by atoms with Gasteiger partial charge in [0.15, 0.2) is 5.82 Å². The lowest BCUT2D eigenvalue weighted by atomic mass is 9.98. The molecule has 0 aliphatic rings. The van der Waals surface area contributed by atoms with Crippen LogP contribution < -0.4 is 0 Å². The van der Waals surface area contributed by atoms with Crippen molar-refractivity contribution in [3.63, 3.8) is 0 Å². The molecule has 11 aromatic rings. The van der Waals surface area contributed by atoms with E-state index < -0.39 is 100 Å². The lowest BCUT2D eigenvalue weighted by molar-refractivity contribution is 0.669. The summed E-state index contributed by atoms with van der Waals surface area (Å²) in [4.78, 5) is 9.91. The van der Waals surface area contributed by atoms with E-state index in [0.717, 1.165) is 33.6 Å². The van der Waals surface area contributed by atoms with Gasteiger partial charge in [0.25, 0.3) is 0 Å². The molecule has 252 valence electrons. The molecule has 0 aliphatic heterocycles. The summed E-state index contributed by atoms with van der Waals surface area (Å²) >= 11 is 0.901. The highest BCUT2D eigenvalue weighted by atomic mass is 32.1. The zero-order chi connectivity index (χ0) is 48.6. The summed E-state index contributed by atoms with van der Waals surface area (Å²) in [5.41, 5.74) is 3.99. The Morgan fingerprint density at radius 2 is 1.20 bits per heavy atom. The molecule has 0 saturated carbocycles. The molecule has 3 aromatic heterocycles. The lowest BCUT2D eigenvalue weighted by Crippen LogP contribution is -1.94. The number of hydrogen-bond acceptors (Lipinski definition) is 4. The van der Waals surface area contributed by atoms with Crippen molar-refractivity contribution in [1.29, 1.82) is 0 Å². The summed E-state index contributed by atoms with van der Waals surface area (Å²) in [6.45, 7) is 0. The van der Waals surface area contributed by atoms with E-state index in [0.29, 0.717) is 27.5 Å². The predicted molar refractivity (Wildman–Crippen MR) is 227 cm³/mol. The summed E-state index contributed by atoms with van der Waals surface area (Å²) in [6, 6.07) is 20.0. The number of nitrogens with zero attached hydrogens (tertiary/aromatic N) is 2. The van der Waals surface area contributed by atoms with Gasteiger partial charge < -0.3 is 4.42 Å². The molecule has 0 fully saturated rings. The van der Waals surface area contributed by atoms with Crippen LogP contribution in [-0.4, -0.2) is 9.97 Å². The Balaban J connectivity index is 1.15. The maximum Gasteiger partial charge on any atom is 0.161 e. The van der Waals surface area contributed by atoms with Crippen LogP contribution in [0.2, 0.25) is 0 Å². The third-order valence-electron chi connectivity index (χ3n) is 9.38. The van der Waals surface area contributed by atoms with Gasteiger partial charge in [0, 0.05) is 32.0 Å². The second-order valence-corrected chi connectivity index (χ2v) is 13.6. The van der Waals surface area contributed by atoms with Crippen molar-refractivity contribution >= 4 is 64.4 Å². The monoisotopic (exact) mass is 721 g/mol. The molecule has 0 N–H and O–H groups in total. The highest BCUT2D eigenvalue weighted by Gasteiger charge is 2.20. The van der Waals surface area contributed by atoms with Gasteiger partial charge in [-0.1, -0.05) is 151 Å². The zero-order valence-electron chi connectivity index (χ0n) is 42.9. The van der Waals surface area contributed by atoms with Crippen molar-refractivity contribution in [3.05, 3.63) is 182 Å². The fraction of sp³-hybridized carbons (Fsp3) is 0. The highest BCUT2D eigenvalue weighted by molar-refractivity contribution is 7.26. The molecule has 0 atom stereocenters. The molecule has 0 bridgehead atoms. The topological polar surface area (TPSA) is 38.9 Å². The maximum atomic E-state index is 9.47. The molecular formula is C50H30N2OS. The molecule has 3 heterocycles. The first kappa shape index (κ1) is 19.3. The molecule has 4 heteroatoms. The number of rotatable bonds is 5. The quantitative estimate of drug-likeness (QED) is 0.178. The van der Waals surface area contributed by atoms with Crippen molar-refractivity contribution in [3.8, 4) is 56.0 Å². The van der Waals surface area contributed by atoms with E-state index >= 15 is 0 Å². The van der Waals surface area contributed by atoms with Gasteiger partial charge in [0.2, 0.25) is 0 Å². The van der Waals surface area contributed by atoms with E-state index in [9.17, 15) is 5.48 Å². The minimum atomic E-state index is -0.737. The molecule has 0 radical (unpaired) electrons. The first-order valence-corrected chi connectivity index (χ1v) is 17.7. The summed E-state index contributed by atoms with van der Waals surface area (Å²) in [5.74, 6) is 0.0174. The van der Waals surface area contributed by atoms with Crippen molar-refractivity contribution in [1.82, 2.24) is 9.97 Å². The molecule has 3 nitrogen and oxygen atoms in total. The van der Waals surface area contributed by atoms with Crippen molar-refractivity contribution in [2.24, 2.45) is 0 Å². The number of thiophene rings is 1. The summed E-state index contributed by atoms with van der Waals surface area (Å²) in [5, 5.41) is 0.557. The van der Waals surface area contributed by atoms with Gasteiger partial charge in [-0.2, -0.15) is 0 Å². The first-order chi connectivity index (χ1) is 33.0. The minimum absolute atomic E-state index is 0.0174. The molecule has 0 unspecified atom stereocenters. The minimum Gasteiger partial charge on any atom is -0.456 e. The van der Waals surface area contributed by atoms with Gasteiger partial charge in [-0.3, -0.25) is 0 Å². The summed E-state index contributed by atoms with van der Waals surface area (Å²) in [7, 11) is 0. The third kappa shape index (κ3) is 5.11. The van der Waals surface area contributed by atoms with Gasteiger partial charge in [-0.25, -0.2) is 9.97 Å². The van der Waals surface area contributed by atoms with E-state index in [-0.39, 0.29) is 49.5 Å². The fourth-order valence-corrected chi connectivity index (χ4v) is 7.84. The zero-order valence-corrected chi connectivity index (χ0v) is 28.7. The molecule has 8 aromatic carbocycles. The van der Waals surface area contributed by atoms with Crippen LogP contribution in [0.15, 0.2) is 186 Å². The van der Waals surface area contributed by atoms with Gasteiger partial charge in [-0.15, -0.1) is 11.3 Å². The molecule has 0 aliphatic carbocycles. The summed E-state index contributed by atoms with van der Waals surface area (Å²) in [6.07, 6.45) is 0. The largest absolute Gasteiger partial charge is 0.456 e. The number of hydrogen-bond donors (Lipinski definition) is 0. The van der Waals surface area contributed by atoms with Crippen LogP contribution in [0.1, 0.15) is 20.6 Å². The Kier molecular flexibility index (Phi) is 4.41. The van der Waals surface area contributed by atoms with Gasteiger partial charge in [0.1, 0.15) is 11.2 Å². The standard InChI is InChI=1S/C50H30N2OS/c1-2-9-31(10-3-1)33-17-19-35(20-18-33)39-27-28-40-44(30-39)53-43-15-8-14-42(46(40)43)50-51-47(49-48(52-50)41-13-6-7-16-45(41)54-49)36-24-21-34(22-25-36)38-26-23-32-11-4-5-12-37(32)29-38/h1-30H/i4D,5D,6D,7D,11D,12D,13D,16D,21D,22D,23D,24D,25D,26D,29D. The fourth-order valence-electron chi connectivity index (χ4n) is 6.79. The predicted octanol–water partition coefficient (Wildman–Crippen LogP) is 14.2. The summed E-state index contributed by atoms with van der Waals surface area (Å²) < 4.78 is 139. The Bertz CT molecular complexity index is 4050. The van der Waals surface area contributed by atoms with Crippen LogP contribution in [0.5, 0.6) is 0 Å². The Morgan fingerprint density at radius 3 is 2.06 bits per heavy atom. The van der Waals surface area contributed by atoms with Gasteiger partial charge >= 0.3 is 0 Å². The second kappa shape index (κ2) is 12.4. The van der Waals surface area contributed by atoms with Crippen LogP contribution in [0, 0.1) is 0 Å². The normalized spacial score (nSPS) is 15.6. The van der Waals surface area contributed by atoms with Crippen LogP contribution in [0.4, 0.5) is 0 Å². The Labute approximate surface area is 336 Å². The molecule has 11 rings (SSSR count). The van der Waals surface area contributed by atoms with E-state index in [1.54, 1.807) is 18.2 Å².